The number of halogens is 6. The van der Waals surface area contributed by atoms with E-state index in [-0.39, 0.29) is 40.7 Å². The SMILES string of the molecule is CC(C)c1ccc(CO)cc1C(F)(F)F.COC(=O)c1ccc(C(C)C)c(C(F)(F)F)c1. The maximum absolute atomic E-state index is 12.8. The first kappa shape index (κ1) is 27.5. The zero-order chi connectivity index (χ0) is 24.9. The minimum absolute atomic E-state index is 0.0933. The van der Waals surface area contributed by atoms with Crippen molar-refractivity contribution >= 4 is 5.97 Å². The van der Waals surface area contributed by atoms with Gasteiger partial charge in [-0.3, -0.25) is 0 Å². The highest BCUT2D eigenvalue weighted by Gasteiger charge is 2.35. The molecule has 0 aliphatic heterocycles. The molecule has 9 heteroatoms. The molecule has 0 amide bonds. The summed E-state index contributed by atoms with van der Waals surface area (Å²) in [6.45, 7) is 6.39. The summed E-state index contributed by atoms with van der Waals surface area (Å²) < 4.78 is 80.7. The highest BCUT2D eigenvalue weighted by Crippen LogP contribution is 2.36. The zero-order valence-electron chi connectivity index (χ0n) is 18.4. The van der Waals surface area contributed by atoms with Gasteiger partial charge in [-0.15, -0.1) is 0 Å². The number of alkyl halides is 6. The van der Waals surface area contributed by atoms with Crippen LogP contribution in [-0.4, -0.2) is 18.2 Å². The van der Waals surface area contributed by atoms with Gasteiger partial charge in [0.15, 0.2) is 0 Å². The van der Waals surface area contributed by atoms with E-state index in [1.807, 2.05) is 0 Å². The van der Waals surface area contributed by atoms with Crippen LogP contribution in [-0.2, 0) is 23.7 Å². The Hall–Kier alpha value is -2.55. The predicted octanol–water partition coefficient (Wildman–Crippen LogP) is 6.94. The molecule has 0 saturated heterocycles. The summed E-state index contributed by atoms with van der Waals surface area (Å²) in [6, 6.07) is 7.45. The van der Waals surface area contributed by atoms with Crippen LogP contribution in [0, 0.1) is 0 Å². The molecule has 0 fully saturated rings. The first-order valence-electron chi connectivity index (χ1n) is 9.73. The molecule has 2 aromatic rings. The Balaban J connectivity index is 0.000000323. The molecule has 178 valence electrons. The largest absolute Gasteiger partial charge is 0.465 e. The van der Waals surface area contributed by atoms with Gasteiger partial charge in [-0.2, -0.15) is 26.3 Å². The van der Waals surface area contributed by atoms with Crippen LogP contribution in [0.5, 0.6) is 0 Å². The lowest BCUT2D eigenvalue weighted by molar-refractivity contribution is -0.139. The fraction of sp³-hybridized carbons (Fsp3) is 0.435. The number of benzene rings is 2. The van der Waals surface area contributed by atoms with Gasteiger partial charge in [0.2, 0.25) is 0 Å². The fourth-order valence-electron chi connectivity index (χ4n) is 3.00. The van der Waals surface area contributed by atoms with Crippen LogP contribution < -0.4 is 0 Å². The average Bonchev–Trinajstić information content (AvgIpc) is 2.71. The Kier molecular flexibility index (Phi) is 9.32. The molecule has 2 aromatic carbocycles. The minimum Gasteiger partial charge on any atom is -0.465 e. The van der Waals surface area contributed by atoms with Crippen molar-refractivity contribution in [1.82, 2.24) is 0 Å². The Bertz CT molecular complexity index is 915. The Morgan fingerprint density at radius 3 is 1.66 bits per heavy atom. The van der Waals surface area contributed by atoms with Gasteiger partial charge >= 0.3 is 18.3 Å². The van der Waals surface area contributed by atoms with Gasteiger partial charge in [0.25, 0.3) is 0 Å². The summed E-state index contributed by atoms with van der Waals surface area (Å²) in [5.41, 5.74) is -0.805. The van der Waals surface area contributed by atoms with Crippen molar-refractivity contribution < 1.29 is 41.0 Å². The lowest BCUT2D eigenvalue weighted by atomic mass is 9.95. The van der Waals surface area contributed by atoms with Gasteiger partial charge in [0, 0.05) is 0 Å². The van der Waals surface area contributed by atoms with E-state index in [0.29, 0.717) is 0 Å². The van der Waals surface area contributed by atoms with Crippen LogP contribution in [0.2, 0.25) is 0 Å². The van der Waals surface area contributed by atoms with Crippen molar-refractivity contribution in [2.24, 2.45) is 0 Å². The van der Waals surface area contributed by atoms with E-state index >= 15 is 0 Å². The highest BCUT2D eigenvalue weighted by molar-refractivity contribution is 5.89. The van der Waals surface area contributed by atoms with Crippen LogP contribution in [0.4, 0.5) is 26.3 Å². The number of carbonyl (C=O) groups excluding carboxylic acids is 1. The molecule has 1 N–H and O–H groups in total. The maximum atomic E-state index is 12.8. The Morgan fingerprint density at radius 1 is 0.844 bits per heavy atom. The number of methoxy groups -OCH3 is 1. The molecule has 0 radical (unpaired) electrons. The molecule has 0 aliphatic rings. The van der Waals surface area contributed by atoms with Crippen LogP contribution in [0.15, 0.2) is 36.4 Å². The van der Waals surface area contributed by atoms with E-state index in [9.17, 15) is 31.1 Å². The minimum atomic E-state index is -4.47. The smallest absolute Gasteiger partial charge is 0.416 e. The molecule has 0 spiro atoms. The van der Waals surface area contributed by atoms with Crippen molar-refractivity contribution in [3.05, 3.63) is 69.8 Å². The molecule has 0 saturated carbocycles. The topological polar surface area (TPSA) is 46.5 Å². The number of aliphatic hydroxyl groups excluding tert-OH is 1. The molecule has 2 rings (SSSR count). The van der Waals surface area contributed by atoms with Gasteiger partial charge in [0.1, 0.15) is 0 Å². The summed E-state index contributed by atoms with van der Waals surface area (Å²) in [7, 11) is 1.13. The third-order valence-corrected chi connectivity index (χ3v) is 4.63. The van der Waals surface area contributed by atoms with Crippen molar-refractivity contribution in [1.29, 1.82) is 0 Å². The summed E-state index contributed by atoms with van der Waals surface area (Å²) >= 11 is 0. The second kappa shape index (κ2) is 10.8. The van der Waals surface area contributed by atoms with E-state index in [0.717, 1.165) is 19.2 Å². The normalized spacial score (nSPS) is 11.9. The molecule has 0 atom stereocenters. The van der Waals surface area contributed by atoms with Crippen LogP contribution in [0.25, 0.3) is 0 Å². The molecule has 0 unspecified atom stereocenters. The maximum Gasteiger partial charge on any atom is 0.416 e. The van der Waals surface area contributed by atoms with Crippen molar-refractivity contribution in [2.45, 2.75) is 58.5 Å². The number of aliphatic hydroxyl groups is 1. The average molecular weight is 464 g/mol. The van der Waals surface area contributed by atoms with Crippen LogP contribution in [0.1, 0.15) is 77.7 Å². The molecule has 0 aromatic heterocycles. The summed E-state index contributed by atoms with van der Waals surface area (Å²) in [5.74, 6) is -1.22. The third kappa shape index (κ3) is 7.25. The van der Waals surface area contributed by atoms with Gasteiger partial charge in [0.05, 0.1) is 30.4 Å². The van der Waals surface area contributed by atoms with Gasteiger partial charge < -0.3 is 9.84 Å². The number of esters is 1. The number of ether oxygens (including phenoxy) is 1. The van der Waals surface area contributed by atoms with Gasteiger partial charge in [-0.1, -0.05) is 45.9 Å². The fourth-order valence-corrected chi connectivity index (χ4v) is 3.00. The number of rotatable bonds is 4. The summed E-state index contributed by atoms with van der Waals surface area (Å²) in [5, 5.41) is 8.79. The van der Waals surface area contributed by atoms with Crippen molar-refractivity contribution in [3.8, 4) is 0 Å². The number of hydrogen-bond donors (Lipinski definition) is 1. The lowest BCUT2D eigenvalue weighted by Crippen LogP contribution is -2.12. The van der Waals surface area contributed by atoms with E-state index < -0.39 is 29.4 Å². The zero-order valence-corrected chi connectivity index (χ0v) is 18.4. The second-order valence-corrected chi connectivity index (χ2v) is 7.68. The highest BCUT2D eigenvalue weighted by atomic mass is 19.4. The molecule has 0 aliphatic carbocycles. The Morgan fingerprint density at radius 2 is 1.28 bits per heavy atom. The number of hydrogen-bond acceptors (Lipinski definition) is 3. The summed E-state index contributed by atoms with van der Waals surface area (Å²) in [4.78, 5) is 11.2. The van der Waals surface area contributed by atoms with Gasteiger partial charge in [-0.25, -0.2) is 4.79 Å². The molecule has 32 heavy (non-hydrogen) atoms. The standard InChI is InChI=1S/C12H13F3O2.C11H13F3O/c1-7(2)9-5-4-8(11(16)17-3)6-10(9)12(13,14)15;1-7(2)9-4-3-8(6-15)5-10(9)11(12,13)14/h4-7H,1-3H3;3-5,7,15H,6H2,1-2H3. The molecular formula is C23H26F6O3. The van der Waals surface area contributed by atoms with E-state index in [2.05, 4.69) is 4.74 Å². The molecule has 0 bridgehead atoms. The predicted molar refractivity (Wildman–Crippen MR) is 108 cm³/mol. The quantitative estimate of drug-likeness (QED) is 0.394. The van der Waals surface area contributed by atoms with Crippen molar-refractivity contribution in [2.75, 3.05) is 7.11 Å². The van der Waals surface area contributed by atoms with E-state index in [1.54, 1.807) is 27.7 Å². The Labute approximate surface area is 183 Å². The van der Waals surface area contributed by atoms with Crippen LogP contribution >= 0.6 is 0 Å². The number of carbonyl (C=O) groups is 1. The van der Waals surface area contributed by atoms with Crippen molar-refractivity contribution in [3.63, 3.8) is 0 Å². The van der Waals surface area contributed by atoms with E-state index in [1.165, 1.54) is 24.3 Å². The second-order valence-electron chi connectivity index (χ2n) is 7.68. The molecule has 3 nitrogen and oxygen atoms in total. The third-order valence-electron chi connectivity index (χ3n) is 4.63. The molecule has 0 heterocycles. The first-order chi connectivity index (χ1) is 14.6. The first-order valence-corrected chi connectivity index (χ1v) is 9.73. The van der Waals surface area contributed by atoms with Gasteiger partial charge in [-0.05, 0) is 46.7 Å². The van der Waals surface area contributed by atoms with Crippen LogP contribution in [0.3, 0.4) is 0 Å². The monoisotopic (exact) mass is 464 g/mol. The van der Waals surface area contributed by atoms with E-state index in [4.69, 9.17) is 5.11 Å². The lowest BCUT2D eigenvalue weighted by Gasteiger charge is -2.16. The summed E-state index contributed by atoms with van der Waals surface area (Å²) in [6.07, 6.45) is -8.82. The molecular weight excluding hydrogens is 438 g/mol.